The van der Waals surface area contributed by atoms with Crippen LogP contribution in [0, 0.1) is 0 Å². The highest BCUT2D eigenvalue weighted by Crippen LogP contribution is 2.23. The summed E-state index contributed by atoms with van der Waals surface area (Å²) in [6.45, 7) is 1.38. The van der Waals surface area contributed by atoms with Gasteiger partial charge in [-0.05, 0) is 13.3 Å². The molecule has 7 N–H and O–H groups in total. The quantitative estimate of drug-likeness (QED) is 0.228. The second-order valence-corrected chi connectivity index (χ2v) is 4.17. The van der Waals surface area contributed by atoms with E-state index >= 15 is 0 Å². The summed E-state index contributed by atoms with van der Waals surface area (Å²) < 4.78 is 5.30. The van der Waals surface area contributed by atoms with Crippen LogP contribution in [0.3, 0.4) is 0 Å². The summed E-state index contributed by atoms with van der Waals surface area (Å²) in [7, 11) is 0. The molecule has 1 aliphatic heterocycles. The third-order valence-corrected chi connectivity index (χ3v) is 2.86. The molecule has 0 aromatic carbocycles. The molecule has 7 heteroatoms. The van der Waals surface area contributed by atoms with E-state index in [4.69, 9.17) is 15.7 Å². The molecule has 96 valence electrons. The Morgan fingerprint density at radius 3 is 2.25 bits per heavy atom. The first-order chi connectivity index (χ1) is 7.51. The lowest BCUT2D eigenvalue weighted by atomic mass is 9.92. The van der Waals surface area contributed by atoms with Gasteiger partial charge >= 0.3 is 0 Å². The Kier molecular flexibility index (Phi) is 5.06. The molecule has 1 heterocycles. The van der Waals surface area contributed by atoms with Gasteiger partial charge in [0.2, 0.25) is 0 Å². The van der Waals surface area contributed by atoms with Crippen molar-refractivity contribution in [3.05, 3.63) is 0 Å². The summed E-state index contributed by atoms with van der Waals surface area (Å²) in [5.41, 5.74) is 2.49. The summed E-state index contributed by atoms with van der Waals surface area (Å²) in [5, 5.41) is 37.7. The molecule has 0 spiro atoms. The van der Waals surface area contributed by atoms with Crippen LogP contribution in [-0.4, -0.2) is 63.6 Å². The monoisotopic (exact) mass is 236 g/mol. The Morgan fingerprint density at radius 2 is 1.75 bits per heavy atom. The average Bonchev–Trinajstić information content (AvgIpc) is 2.29. The van der Waals surface area contributed by atoms with Gasteiger partial charge in [0.25, 0.3) is 0 Å². The fraction of sp³-hybridized carbons (Fsp3) is 1.00. The molecule has 16 heavy (non-hydrogen) atoms. The van der Waals surface area contributed by atoms with E-state index in [1.165, 1.54) is 0 Å². The van der Waals surface area contributed by atoms with Crippen molar-refractivity contribution in [3.8, 4) is 0 Å². The Balaban J connectivity index is 2.63. The number of aliphatic hydroxyl groups excluding tert-OH is 4. The normalized spacial score (nSPS) is 42.0. The lowest BCUT2D eigenvalue weighted by Crippen LogP contribution is -2.59. The zero-order valence-corrected chi connectivity index (χ0v) is 9.15. The highest BCUT2D eigenvalue weighted by Gasteiger charge is 2.43. The summed E-state index contributed by atoms with van der Waals surface area (Å²) in [6.07, 6.45) is -4.96. The summed E-state index contributed by atoms with van der Waals surface area (Å²) in [4.78, 5) is 0. The van der Waals surface area contributed by atoms with Crippen molar-refractivity contribution in [1.29, 1.82) is 0 Å². The SMILES string of the molecule is CC(C[C@@H]1OC(CO)[C@@H](O)C(O)C1O)NN. The van der Waals surface area contributed by atoms with Gasteiger partial charge in [-0.2, -0.15) is 0 Å². The minimum atomic E-state index is -1.32. The van der Waals surface area contributed by atoms with Crippen LogP contribution in [0.15, 0.2) is 0 Å². The summed E-state index contributed by atoms with van der Waals surface area (Å²) in [6, 6.07) is -0.110. The number of ether oxygens (including phenoxy) is 1. The fourth-order valence-corrected chi connectivity index (χ4v) is 1.79. The highest BCUT2D eigenvalue weighted by molar-refractivity contribution is 4.92. The topological polar surface area (TPSA) is 128 Å². The number of hydrazine groups is 1. The molecule has 1 rings (SSSR count). The van der Waals surface area contributed by atoms with Crippen LogP contribution >= 0.6 is 0 Å². The van der Waals surface area contributed by atoms with E-state index in [2.05, 4.69) is 5.43 Å². The maximum Gasteiger partial charge on any atom is 0.111 e. The molecule has 0 amide bonds. The Morgan fingerprint density at radius 1 is 1.19 bits per heavy atom. The number of hydrogen-bond donors (Lipinski definition) is 6. The minimum Gasteiger partial charge on any atom is -0.394 e. The predicted molar refractivity (Wildman–Crippen MR) is 55.2 cm³/mol. The van der Waals surface area contributed by atoms with Crippen LogP contribution in [-0.2, 0) is 4.74 Å². The molecule has 7 nitrogen and oxygen atoms in total. The molecule has 0 aliphatic carbocycles. The van der Waals surface area contributed by atoms with Crippen LogP contribution in [0.2, 0.25) is 0 Å². The van der Waals surface area contributed by atoms with Crippen molar-refractivity contribution in [1.82, 2.24) is 5.43 Å². The molecular formula is C9H20N2O5. The molecule has 6 atom stereocenters. The van der Waals surface area contributed by atoms with Gasteiger partial charge < -0.3 is 25.2 Å². The van der Waals surface area contributed by atoms with Gasteiger partial charge in [-0.3, -0.25) is 11.3 Å². The number of aliphatic hydroxyl groups is 4. The van der Waals surface area contributed by atoms with E-state index in [1.54, 1.807) is 6.92 Å². The summed E-state index contributed by atoms with van der Waals surface area (Å²) >= 11 is 0. The van der Waals surface area contributed by atoms with Gasteiger partial charge in [0.05, 0.1) is 12.7 Å². The van der Waals surface area contributed by atoms with Crippen LogP contribution < -0.4 is 11.3 Å². The second-order valence-electron chi connectivity index (χ2n) is 4.17. The first-order valence-electron chi connectivity index (χ1n) is 5.28. The molecule has 0 saturated carbocycles. The van der Waals surface area contributed by atoms with Crippen LogP contribution in [0.1, 0.15) is 13.3 Å². The van der Waals surface area contributed by atoms with Gasteiger partial charge in [0, 0.05) is 6.04 Å². The zero-order valence-electron chi connectivity index (χ0n) is 9.15. The number of nitrogens with one attached hydrogen (secondary N) is 1. The number of rotatable bonds is 4. The van der Waals surface area contributed by atoms with E-state index in [0.717, 1.165) is 0 Å². The number of hydrogen-bond acceptors (Lipinski definition) is 7. The second kappa shape index (κ2) is 5.87. The van der Waals surface area contributed by atoms with Gasteiger partial charge in [-0.1, -0.05) is 0 Å². The van der Waals surface area contributed by atoms with E-state index in [0.29, 0.717) is 6.42 Å². The van der Waals surface area contributed by atoms with Crippen molar-refractivity contribution in [3.63, 3.8) is 0 Å². The number of nitrogens with two attached hydrogens (primary N) is 1. The molecule has 1 aliphatic rings. The molecule has 4 unspecified atom stereocenters. The predicted octanol–water partition coefficient (Wildman–Crippen LogP) is -2.93. The van der Waals surface area contributed by atoms with Gasteiger partial charge in [0.1, 0.15) is 24.4 Å². The first-order valence-corrected chi connectivity index (χ1v) is 5.28. The van der Waals surface area contributed by atoms with E-state index in [-0.39, 0.29) is 6.04 Å². The fourth-order valence-electron chi connectivity index (χ4n) is 1.79. The molecule has 0 radical (unpaired) electrons. The minimum absolute atomic E-state index is 0.110. The third kappa shape index (κ3) is 2.89. The van der Waals surface area contributed by atoms with Crippen molar-refractivity contribution >= 4 is 0 Å². The Hall–Kier alpha value is -0.280. The standard InChI is InChI=1S/C9H20N2O5/c1-4(11-10)2-5-7(13)9(15)8(14)6(3-12)16-5/h4-9,11-15H,2-3,10H2,1H3/t4?,5-,6?,7?,8+,9?/m0/s1. The zero-order chi connectivity index (χ0) is 12.3. The Labute approximate surface area is 93.8 Å². The molecule has 0 aromatic heterocycles. The van der Waals surface area contributed by atoms with E-state index in [1.807, 2.05) is 0 Å². The lowest BCUT2D eigenvalue weighted by molar-refractivity contribution is -0.231. The van der Waals surface area contributed by atoms with E-state index in [9.17, 15) is 15.3 Å². The largest absolute Gasteiger partial charge is 0.394 e. The molecule has 1 fully saturated rings. The van der Waals surface area contributed by atoms with Gasteiger partial charge in [-0.25, -0.2) is 0 Å². The highest BCUT2D eigenvalue weighted by atomic mass is 16.5. The molecule has 0 bridgehead atoms. The maximum atomic E-state index is 9.68. The van der Waals surface area contributed by atoms with Crippen LogP contribution in [0.5, 0.6) is 0 Å². The van der Waals surface area contributed by atoms with Crippen LogP contribution in [0.25, 0.3) is 0 Å². The van der Waals surface area contributed by atoms with Crippen molar-refractivity contribution < 1.29 is 25.2 Å². The first kappa shape index (κ1) is 13.8. The molecule has 1 saturated heterocycles. The Bertz CT molecular complexity index is 216. The lowest BCUT2D eigenvalue weighted by Gasteiger charge is -2.40. The van der Waals surface area contributed by atoms with Gasteiger partial charge in [-0.15, -0.1) is 0 Å². The average molecular weight is 236 g/mol. The smallest absolute Gasteiger partial charge is 0.111 e. The van der Waals surface area contributed by atoms with Crippen LogP contribution in [0.4, 0.5) is 0 Å². The molecule has 0 aromatic rings. The van der Waals surface area contributed by atoms with Crippen molar-refractivity contribution in [2.75, 3.05) is 6.61 Å². The van der Waals surface area contributed by atoms with Crippen molar-refractivity contribution in [2.24, 2.45) is 5.84 Å². The van der Waals surface area contributed by atoms with Crippen molar-refractivity contribution in [2.45, 2.75) is 49.9 Å². The van der Waals surface area contributed by atoms with Gasteiger partial charge in [0.15, 0.2) is 0 Å². The van der Waals surface area contributed by atoms with E-state index < -0.39 is 37.1 Å². The summed E-state index contributed by atoms with van der Waals surface area (Å²) in [5.74, 6) is 5.22. The molecular weight excluding hydrogens is 216 g/mol. The third-order valence-electron chi connectivity index (χ3n) is 2.86. The maximum absolute atomic E-state index is 9.68.